The summed E-state index contributed by atoms with van der Waals surface area (Å²) >= 11 is 1.68. The van der Waals surface area contributed by atoms with E-state index >= 15 is 0 Å². The molecule has 84 valence electrons. The van der Waals surface area contributed by atoms with E-state index in [0.717, 1.165) is 22.1 Å². The van der Waals surface area contributed by atoms with Crippen LogP contribution < -0.4 is 4.57 Å². The Morgan fingerprint density at radius 1 is 1.06 bits per heavy atom. The maximum atomic E-state index is 5.92. The van der Waals surface area contributed by atoms with Crippen LogP contribution in [0.15, 0.2) is 58.5 Å². The zero-order valence-electron chi connectivity index (χ0n) is 9.46. The van der Waals surface area contributed by atoms with Gasteiger partial charge in [-0.3, -0.25) is 0 Å². The molecule has 0 saturated carbocycles. The Morgan fingerprint density at radius 3 is 2.59 bits per heavy atom. The molecular weight excluding hydrogens is 230 g/mol. The Hall–Kier alpha value is -1.87. The largest absolute Gasteiger partial charge is 0.397 e. The summed E-state index contributed by atoms with van der Waals surface area (Å²) in [7, 11) is 2.00. The van der Waals surface area contributed by atoms with Gasteiger partial charge in [0, 0.05) is 5.56 Å². The summed E-state index contributed by atoms with van der Waals surface area (Å²) in [5.74, 6) is 1.80. The zero-order chi connectivity index (χ0) is 11.7. The summed E-state index contributed by atoms with van der Waals surface area (Å²) in [5.41, 5.74) is 1.10. The fourth-order valence-electron chi connectivity index (χ4n) is 1.80. The lowest BCUT2D eigenvalue weighted by molar-refractivity contribution is -0.662. The fourth-order valence-corrected chi connectivity index (χ4v) is 2.54. The van der Waals surface area contributed by atoms with Gasteiger partial charge >= 0.3 is 5.89 Å². The van der Waals surface area contributed by atoms with Gasteiger partial charge in [-0.1, -0.05) is 36.4 Å². The highest BCUT2D eigenvalue weighted by atomic mass is 32.1. The molecule has 3 rings (SSSR count). The maximum absolute atomic E-state index is 5.92. The molecule has 0 amide bonds. The topological polar surface area (TPSA) is 17.0 Å². The van der Waals surface area contributed by atoms with E-state index < -0.39 is 0 Å². The first-order chi connectivity index (χ1) is 8.34. The Bertz CT molecular complexity index is 611. The molecule has 0 saturated heterocycles. The molecule has 0 radical (unpaired) electrons. The Labute approximate surface area is 104 Å². The molecule has 0 bridgehead atoms. The number of rotatable bonds is 2. The van der Waals surface area contributed by atoms with Crippen molar-refractivity contribution in [3.63, 3.8) is 0 Å². The normalized spacial score (nSPS) is 10.6. The maximum Gasteiger partial charge on any atom is 0.391 e. The van der Waals surface area contributed by atoms with E-state index in [1.165, 1.54) is 0 Å². The Balaban J connectivity index is 2.08. The summed E-state index contributed by atoms with van der Waals surface area (Å²) in [4.78, 5) is 1.15. The number of aryl methyl sites for hydroxylation is 1. The number of oxazole rings is 1. The molecular formula is C14H12NOS+. The molecule has 2 aromatic heterocycles. The van der Waals surface area contributed by atoms with Gasteiger partial charge in [-0.15, -0.1) is 11.3 Å². The van der Waals surface area contributed by atoms with Crippen LogP contribution in [0.5, 0.6) is 0 Å². The van der Waals surface area contributed by atoms with Crippen LogP contribution in [0, 0.1) is 0 Å². The molecule has 0 aliphatic heterocycles. The van der Waals surface area contributed by atoms with E-state index in [-0.39, 0.29) is 0 Å². The number of aromatic nitrogens is 1. The van der Waals surface area contributed by atoms with Crippen molar-refractivity contribution in [3.05, 3.63) is 54.0 Å². The highest BCUT2D eigenvalue weighted by Crippen LogP contribution is 2.27. The van der Waals surface area contributed by atoms with E-state index in [1.807, 2.05) is 42.1 Å². The van der Waals surface area contributed by atoms with E-state index in [1.54, 1.807) is 11.3 Å². The van der Waals surface area contributed by atoms with Gasteiger partial charge in [0.1, 0.15) is 11.9 Å². The van der Waals surface area contributed by atoms with E-state index in [2.05, 4.69) is 23.6 Å². The van der Waals surface area contributed by atoms with E-state index in [9.17, 15) is 0 Å². The smallest absolute Gasteiger partial charge is 0.391 e. The lowest BCUT2D eigenvalue weighted by Gasteiger charge is -1.90. The molecule has 3 heteroatoms. The van der Waals surface area contributed by atoms with Crippen LogP contribution >= 0.6 is 11.3 Å². The quantitative estimate of drug-likeness (QED) is 0.629. The molecule has 0 atom stereocenters. The molecule has 1 aromatic carbocycles. The average Bonchev–Trinajstić information content (AvgIpc) is 2.99. The summed E-state index contributed by atoms with van der Waals surface area (Å²) in [6, 6.07) is 14.2. The standard InChI is InChI=1S/C14H12NOS/c1-15-10-12(11-6-3-2-4-7-11)16-14(15)13-8-5-9-17-13/h2-10H,1H3/q+1. The van der Waals surface area contributed by atoms with Crippen LogP contribution in [0.2, 0.25) is 0 Å². The third-order valence-corrected chi connectivity index (χ3v) is 3.49. The van der Waals surface area contributed by atoms with Crippen molar-refractivity contribution in [1.82, 2.24) is 0 Å². The van der Waals surface area contributed by atoms with Crippen molar-refractivity contribution < 1.29 is 8.98 Å². The van der Waals surface area contributed by atoms with E-state index in [0.29, 0.717) is 0 Å². The number of nitrogens with zero attached hydrogens (tertiary/aromatic N) is 1. The second-order valence-electron chi connectivity index (χ2n) is 3.85. The van der Waals surface area contributed by atoms with Crippen molar-refractivity contribution in [2.45, 2.75) is 0 Å². The predicted molar refractivity (Wildman–Crippen MR) is 68.6 cm³/mol. The number of hydrogen-bond donors (Lipinski definition) is 0. The summed E-state index contributed by atoms with van der Waals surface area (Å²) in [5, 5.41) is 2.06. The predicted octanol–water partition coefficient (Wildman–Crippen LogP) is 3.50. The summed E-state index contributed by atoms with van der Waals surface area (Å²) in [6.45, 7) is 0. The van der Waals surface area contributed by atoms with Gasteiger partial charge < -0.3 is 4.42 Å². The minimum atomic E-state index is 0.900. The lowest BCUT2D eigenvalue weighted by atomic mass is 10.2. The Morgan fingerprint density at radius 2 is 1.88 bits per heavy atom. The van der Waals surface area contributed by atoms with Crippen molar-refractivity contribution in [1.29, 1.82) is 0 Å². The highest BCUT2D eigenvalue weighted by Gasteiger charge is 2.19. The zero-order valence-corrected chi connectivity index (χ0v) is 10.3. The van der Waals surface area contributed by atoms with Crippen LogP contribution in [0.4, 0.5) is 0 Å². The number of benzene rings is 1. The highest BCUT2D eigenvalue weighted by molar-refractivity contribution is 7.13. The monoisotopic (exact) mass is 242 g/mol. The molecule has 0 aliphatic carbocycles. The van der Waals surface area contributed by atoms with Crippen LogP contribution in [0.1, 0.15) is 0 Å². The third-order valence-electron chi connectivity index (χ3n) is 2.63. The summed E-state index contributed by atoms with van der Waals surface area (Å²) in [6.07, 6.45) is 2.02. The number of thiophene rings is 1. The average molecular weight is 242 g/mol. The first-order valence-corrected chi connectivity index (χ1v) is 6.31. The van der Waals surface area contributed by atoms with Crippen molar-refractivity contribution in [2.75, 3.05) is 0 Å². The number of hydrogen-bond acceptors (Lipinski definition) is 2. The second-order valence-corrected chi connectivity index (χ2v) is 4.80. The molecule has 2 heterocycles. The molecule has 3 aromatic rings. The molecule has 0 N–H and O–H groups in total. The lowest BCUT2D eigenvalue weighted by Crippen LogP contribution is -2.26. The van der Waals surface area contributed by atoms with Gasteiger partial charge in [0.05, 0.1) is 0 Å². The molecule has 0 unspecified atom stereocenters. The summed E-state index contributed by atoms with van der Waals surface area (Å²) < 4.78 is 7.94. The van der Waals surface area contributed by atoms with Crippen LogP contribution in [0.25, 0.3) is 22.1 Å². The minimum absolute atomic E-state index is 0.900. The van der Waals surface area contributed by atoms with Crippen molar-refractivity contribution in [3.8, 4) is 22.1 Å². The first kappa shape index (κ1) is 10.3. The molecule has 0 fully saturated rings. The van der Waals surface area contributed by atoms with E-state index in [4.69, 9.17) is 4.42 Å². The van der Waals surface area contributed by atoms with Crippen molar-refractivity contribution >= 4 is 11.3 Å². The van der Waals surface area contributed by atoms with Crippen LogP contribution in [-0.4, -0.2) is 0 Å². The van der Waals surface area contributed by atoms with Gasteiger partial charge in [0.2, 0.25) is 12.0 Å². The minimum Gasteiger partial charge on any atom is -0.397 e. The Kier molecular flexibility index (Phi) is 2.53. The molecule has 0 aliphatic rings. The van der Waals surface area contributed by atoms with Gasteiger partial charge in [-0.2, -0.15) is 4.57 Å². The molecule has 17 heavy (non-hydrogen) atoms. The van der Waals surface area contributed by atoms with Gasteiger partial charge in [-0.05, 0) is 11.4 Å². The van der Waals surface area contributed by atoms with Gasteiger partial charge in [0.15, 0.2) is 0 Å². The van der Waals surface area contributed by atoms with Gasteiger partial charge in [-0.25, -0.2) is 0 Å². The van der Waals surface area contributed by atoms with Gasteiger partial charge in [0.25, 0.3) is 0 Å². The third kappa shape index (κ3) is 1.89. The molecule has 0 spiro atoms. The van der Waals surface area contributed by atoms with Crippen LogP contribution in [0.3, 0.4) is 0 Å². The van der Waals surface area contributed by atoms with Crippen molar-refractivity contribution in [2.24, 2.45) is 7.05 Å². The first-order valence-electron chi connectivity index (χ1n) is 5.43. The second kappa shape index (κ2) is 4.18. The SMILES string of the molecule is C[n+]1cc(-c2ccccc2)oc1-c1cccs1. The van der Waals surface area contributed by atoms with Crippen LogP contribution in [-0.2, 0) is 7.05 Å². The molecule has 2 nitrogen and oxygen atoms in total. The fraction of sp³-hybridized carbons (Fsp3) is 0.0714.